The van der Waals surface area contributed by atoms with Gasteiger partial charge in [0.2, 0.25) is 0 Å². The van der Waals surface area contributed by atoms with Gasteiger partial charge in [-0.3, -0.25) is 4.79 Å². The van der Waals surface area contributed by atoms with Gasteiger partial charge in [0, 0.05) is 0 Å². The number of hydrogen-bond acceptors (Lipinski definition) is 1. The number of carboxylic acids is 1. The highest BCUT2D eigenvalue weighted by molar-refractivity contribution is 5.73. The smallest absolute Gasteiger partial charge is 0.310 e. The predicted octanol–water partition coefficient (Wildman–Crippen LogP) is 3.07. The molecule has 0 bridgehead atoms. The van der Waals surface area contributed by atoms with Gasteiger partial charge in [-0.1, -0.05) is 34.9 Å². The van der Waals surface area contributed by atoms with E-state index in [-0.39, 0.29) is 5.92 Å². The summed E-state index contributed by atoms with van der Waals surface area (Å²) in [6, 6.07) is 0. The van der Waals surface area contributed by atoms with Gasteiger partial charge in [0.25, 0.3) is 0 Å². The summed E-state index contributed by atoms with van der Waals surface area (Å²) < 4.78 is 0. The van der Waals surface area contributed by atoms with Gasteiger partial charge in [0.1, 0.15) is 0 Å². The first kappa shape index (κ1) is 10.2. The van der Waals surface area contributed by atoms with E-state index in [1.54, 1.807) is 6.92 Å². The highest BCUT2D eigenvalue weighted by atomic mass is 16.4. The lowest BCUT2D eigenvalue weighted by Crippen LogP contribution is -2.15. The fourth-order valence-electron chi connectivity index (χ4n) is 2.23. The average Bonchev–Trinajstić information content (AvgIpc) is 2.27. The average molecular weight is 204 g/mol. The first-order valence-corrected chi connectivity index (χ1v) is 5.45. The minimum atomic E-state index is -0.711. The molecular formula is C13H16O2. The van der Waals surface area contributed by atoms with Crippen LogP contribution in [0.5, 0.6) is 0 Å². The van der Waals surface area contributed by atoms with E-state index in [0.717, 1.165) is 31.3 Å². The Morgan fingerprint density at radius 1 is 1.27 bits per heavy atom. The summed E-state index contributed by atoms with van der Waals surface area (Å²) in [6.45, 7) is 1.78. The van der Waals surface area contributed by atoms with Crippen molar-refractivity contribution in [2.45, 2.75) is 32.6 Å². The van der Waals surface area contributed by atoms with Crippen LogP contribution in [0, 0.1) is 5.92 Å². The maximum absolute atomic E-state index is 10.9. The molecule has 0 aromatic carbocycles. The van der Waals surface area contributed by atoms with Gasteiger partial charge >= 0.3 is 5.97 Å². The van der Waals surface area contributed by atoms with E-state index in [1.165, 1.54) is 11.1 Å². The Morgan fingerprint density at radius 3 is 2.60 bits per heavy atom. The van der Waals surface area contributed by atoms with E-state index in [1.807, 2.05) is 0 Å². The molecule has 2 aliphatic carbocycles. The predicted molar refractivity (Wildman–Crippen MR) is 59.5 cm³/mol. The number of allylic oxidation sites excluding steroid dienone is 5. The highest BCUT2D eigenvalue weighted by Crippen LogP contribution is 2.34. The van der Waals surface area contributed by atoms with Crippen LogP contribution in [0.3, 0.4) is 0 Å². The van der Waals surface area contributed by atoms with Crippen molar-refractivity contribution in [1.29, 1.82) is 0 Å². The van der Waals surface area contributed by atoms with Crippen LogP contribution in [0.15, 0.2) is 34.9 Å². The molecule has 2 heteroatoms. The van der Waals surface area contributed by atoms with Crippen molar-refractivity contribution < 1.29 is 9.90 Å². The van der Waals surface area contributed by atoms with Gasteiger partial charge in [-0.15, -0.1) is 0 Å². The lowest BCUT2D eigenvalue weighted by atomic mass is 9.81. The number of rotatable bonds is 2. The standard InChI is InChI=1S/C13H16O2/c1-9(13(14)15)11-7-6-10-4-2-3-5-12(10)8-11/h2-3,7,9H,4-6,8H2,1H3,(H,14,15)/t9-/m1/s1. The molecule has 2 aliphatic rings. The van der Waals surface area contributed by atoms with Crippen LogP contribution in [0.4, 0.5) is 0 Å². The third kappa shape index (κ3) is 2.04. The van der Waals surface area contributed by atoms with E-state index >= 15 is 0 Å². The third-order valence-corrected chi connectivity index (χ3v) is 3.35. The Kier molecular flexibility index (Phi) is 2.76. The summed E-state index contributed by atoms with van der Waals surface area (Å²) >= 11 is 0. The van der Waals surface area contributed by atoms with E-state index in [4.69, 9.17) is 5.11 Å². The summed E-state index contributed by atoms with van der Waals surface area (Å²) in [5.41, 5.74) is 4.03. The molecular weight excluding hydrogens is 188 g/mol. The summed E-state index contributed by atoms with van der Waals surface area (Å²) in [6.07, 6.45) is 10.4. The molecule has 2 rings (SSSR count). The zero-order valence-corrected chi connectivity index (χ0v) is 8.99. The summed E-state index contributed by atoms with van der Waals surface area (Å²) in [7, 11) is 0. The molecule has 1 atom stereocenters. The number of carbonyl (C=O) groups is 1. The normalized spacial score (nSPS) is 22.1. The zero-order chi connectivity index (χ0) is 10.8. The fourth-order valence-corrected chi connectivity index (χ4v) is 2.23. The Labute approximate surface area is 90.0 Å². The zero-order valence-electron chi connectivity index (χ0n) is 8.99. The van der Waals surface area contributed by atoms with Crippen LogP contribution in [0.1, 0.15) is 32.6 Å². The van der Waals surface area contributed by atoms with Crippen molar-refractivity contribution in [3.63, 3.8) is 0 Å². The minimum absolute atomic E-state index is 0.329. The first-order chi connectivity index (χ1) is 7.18. The van der Waals surface area contributed by atoms with Crippen molar-refractivity contribution in [1.82, 2.24) is 0 Å². The first-order valence-electron chi connectivity index (χ1n) is 5.45. The fraction of sp³-hybridized carbons (Fsp3) is 0.462. The molecule has 0 spiro atoms. The molecule has 0 aromatic heterocycles. The van der Waals surface area contributed by atoms with Crippen molar-refractivity contribution in [3.05, 3.63) is 34.9 Å². The van der Waals surface area contributed by atoms with E-state index < -0.39 is 5.97 Å². The Hall–Kier alpha value is -1.31. The van der Waals surface area contributed by atoms with Crippen LogP contribution < -0.4 is 0 Å². The van der Waals surface area contributed by atoms with Crippen LogP contribution in [0.25, 0.3) is 0 Å². The molecule has 0 heterocycles. The quantitative estimate of drug-likeness (QED) is 0.702. The largest absolute Gasteiger partial charge is 0.481 e. The van der Waals surface area contributed by atoms with E-state index in [0.29, 0.717) is 0 Å². The van der Waals surface area contributed by atoms with Gasteiger partial charge < -0.3 is 5.11 Å². The van der Waals surface area contributed by atoms with Crippen molar-refractivity contribution in [2.75, 3.05) is 0 Å². The molecule has 0 radical (unpaired) electrons. The van der Waals surface area contributed by atoms with Crippen LogP contribution in [-0.2, 0) is 4.79 Å². The maximum Gasteiger partial charge on any atom is 0.310 e. The molecule has 0 fully saturated rings. The van der Waals surface area contributed by atoms with Gasteiger partial charge in [-0.05, 0) is 32.6 Å². The lowest BCUT2D eigenvalue weighted by molar-refractivity contribution is -0.139. The summed E-state index contributed by atoms with van der Waals surface area (Å²) in [5.74, 6) is -1.04. The van der Waals surface area contributed by atoms with Gasteiger partial charge in [0.15, 0.2) is 0 Å². The van der Waals surface area contributed by atoms with Gasteiger partial charge in [0.05, 0.1) is 5.92 Å². The van der Waals surface area contributed by atoms with Crippen molar-refractivity contribution in [2.24, 2.45) is 5.92 Å². The van der Waals surface area contributed by atoms with Crippen molar-refractivity contribution >= 4 is 5.97 Å². The SMILES string of the molecule is C[C@@H](C(=O)O)C1=CCC2=C(CC=CC2)C1. The number of hydrogen-bond donors (Lipinski definition) is 1. The third-order valence-electron chi connectivity index (χ3n) is 3.35. The maximum atomic E-state index is 10.9. The second kappa shape index (κ2) is 4.05. The molecule has 0 aromatic rings. The summed E-state index contributed by atoms with van der Waals surface area (Å²) in [5, 5.41) is 8.96. The molecule has 2 nitrogen and oxygen atoms in total. The molecule has 15 heavy (non-hydrogen) atoms. The van der Waals surface area contributed by atoms with Crippen LogP contribution >= 0.6 is 0 Å². The monoisotopic (exact) mass is 204 g/mol. The topological polar surface area (TPSA) is 37.3 Å². The van der Waals surface area contributed by atoms with Crippen LogP contribution in [0.2, 0.25) is 0 Å². The van der Waals surface area contributed by atoms with E-state index in [9.17, 15) is 4.79 Å². The molecule has 0 amide bonds. The minimum Gasteiger partial charge on any atom is -0.481 e. The molecule has 0 unspecified atom stereocenters. The second-order valence-electron chi connectivity index (χ2n) is 4.31. The molecule has 1 N–H and O–H groups in total. The lowest BCUT2D eigenvalue weighted by Gasteiger charge is -2.24. The number of aliphatic carboxylic acids is 1. The Morgan fingerprint density at radius 2 is 1.93 bits per heavy atom. The van der Waals surface area contributed by atoms with Gasteiger partial charge in [-0.2, -0.15) is 0 Å². The van der Waals surface area contributed by atoms with Crippen LogP contribution in [-0.4, -0.2) is 11.1 Å². The molecule has 0 aliphatic heterocycles. The number of carboxylic acid groups (broad SMARTS) is 1. The molecule has 80 valence electrons. The van der Waals surface area contributed by atoms with Crippen molar-refractivity contribution in [3.8, 4) is 0 Å². The van der Waals surface area contributed by atoms with Gasteiger partial charge in [-0.25, -0.2) is 0 Å². The Balaban J connectivity index is 2.09. The summed E-state index contributed by atoms with van der Waals surface area (Å²) in [4.78, 5) is 10.9. The van der Waals surface area contributed by atoms with E-state index in [2.05, 4.69) is 18.2 Å². The highest BCUT2D eigenvalue weighted by Gasteiger charge is 2.22. The molecule has 0 saturated heterocycles. The Bertz CT molecular complexity index is 372. The molecule has 0 saturated carbocycles. The second-order valence-corrected chi connectivity index (χ2v) is 4.31.